The van der Waals surface area contributed by atoms with Crippen LogP contribution in [0.2, 0.25) is 0 Å². The molecule has 2 aliphatic heterocycles. The second-order valence-electron chi connectivity index (χ2n) is 7.60. The van der Waals surface area contributed by atoms with Crippen molar-refractivity contribution >= 4 is 5.91 Å². The predicted octanol–water partition coefficient (Wildman–Crippen LogP) is 1.61. The van der Waals surface area contributed by atoms with Crippen LogP contribution in [0.15, 0.2) is 24.3 Å². The number of hydrogen-bond donors (Lipinski definition) is 0. The SMILES string of the molecule is CN(C)CCOC1CCN(C(=O)[C@@H]2Cc3ccccc3CN2C)CC1. The predicted molar refractivity (Wildman–Crippen MR) is 99.5 cm³/mol. The summed E-state index contributed by atoms with van der Waals surface area (Å²) in [5.41, 5.74) is 2.67. The van der Waals surface area contributed by atoms with E-state index in [0.29, 0.717) is 6.10 Å². The first-order chi connectivity index (χ1) is 12.0. The minimum Gasteiger partial charge on any atom is -0.377 e. The average Bonchev–Trinajstić information content (AvgIpc) is 2.61. The van der Waals surface area contributed by atoms with Crippen molar-refractivity contribution in [1.82, 2.24) is 14.7 Å². The lowest BCUT2D eigenvalue weighted by molar-refractivity contribution is -0.139. The Morgan fingerprint density at radius 2 is 1.88 bits per heavy atom. The van der Waals surface area contributed by atoms with Crippen LogP contribution in [0.3, 0.4) is 0 Å². The molecule has 0 spiro atoms. The molecule has 0 unspecified atom stereocenters. The van der Waals surface area contributed by atoms with Crippen molar-refractivity contribution in [2.75, 3.05) is 47.4 Å². The lowest BCUT2D eigenvalue weighted by Gasteiger charge is -2.39. The Labute approximate surface area is 151 Å². The van der Waals surface area contributed by atoms with Gasteiger partial charge in [-0.15, -0.1) is 0 Å². The molecule has 0 bridgehead atoms. The van der Waals surface area contributed by atoms with Gasteiger partial charge in [0.2, 0.25) is 5.91 Å². The number of nitrogens with zero attached hydrogens (tertiary/aromatic N) is 3. The molecular formula is C20H31N3O2. The first-order valence-electron chi connectivity index (χ1n) is 9.36. The van der Waals surface area contributed by atoms with E-state index in [1.54, 1.807) is 0 Å². The molecule has 1 saturated heterocycles. The zero-order chi connectivity index (χ0) is 17.8. The van der Waals surface area contributed by atoms with Crippen molar-refractivity contribution in [3.63, 3.8) is 0 Å². The maximum absolute atomic E-state index is 13.0. The van der Waals surface area contributed by atoms with Gasteiger partial charge in [-0.25, -0.2) is 0 Å². The highest BCUT2D eigenvalue weighted by molar-refractivity contribution is 5.82. The standard InChI is InChI=1S/C20H31N3O2/c1-21(2)12-13-25-18-8-10-23(11-9-18)20(24)19-14-16-6-4-5-7-17(16)15-22(19)3/h4-7,18-19H,8-15H2,1-3H3/t19-/m0/s1. The van der Waals surface area contributed by atoms with Crippen molar-refractivity contribution in [2.24, 2.45) is 0 Å². The van der Waals surface area contributed by atoms with Gasteiger partial charge in [0.15, 0.2) is 0 Å². The molecule has 0 aromatic heterocycles. The van der Waals surface area contributed by atoms with Gasteiger partial charge in [-0.1, -0.05) is 24.3 Å². The van der Waals surface area contributed by atoms with Gasteiger partial charge in [0.25, 0.3) is 0 Å². The molecule has 3 rings (SSSR count). The summed E-state index contributed by atoms with van der Waals surface area (Å²) in [6.45, 7) is 4.21. The number of likely N-dealkylation sites (N-methyl/N-ethyl adjacent to an activating group) is 2. The molecule has 2 aliphatic rings. The highest BCUT2D eigenvalue weighted by atomic mass is 16.5. The molecular weight excluding hydrogens is 314 g/mol. The van der Waals surface area contributed by atoms with Gasteiger partial charge in [0, 0.05) is 26.2 Å². The van der Waals surface area contributed by atoms with E-state index in [1.807, 2.05) is 4.90 Å². The van der Waals surface area contributed by atoms with Crippen molar-refractivity contribution < 1.29 is 9.53 Å². The average molecular weight is 345 g/mol. The normalized spacial score (nSPS) is 22.2. The number of benzene rings is 1. The van der Waals surface area contributed by atoms with E-state index in [2.05, 4.69) is 55.2 Å². The summed E-state index contributed by atoms with van der Waals surface area (Å²) in [7, 11) is 6.18. The van der Waals surface area contributed by atoms with Crippen LogP contribution in [-0.4, -0.2) is 80.1 Å². The molecule has 5 heteroatoms. The van der Waals surface area contributed by atoms with Crippen molar-refractivity contribution in [1.29, 1.82) is 0 Å². The second kappa shape index (κ2) is 8.30. The van der Waals surface area contributed by atoms with E-state index in [-0.39, 0.29) is 11.9 Å². The zero-order valence-electron chi connectivity index (χ0n) is 15.8. The Morgan fingerprint density at radius 1 is 1.20 bits per heavy atom. The highest BCUT2D eigenvalue weighted by Crippen LogP contribution is 2.24. The van der Waals surface area contributed by atoms with Crippen LogP contribution in [0.4, 0.5) is 0 Å². The molecule has 25 heavy (non-hydrogen) atoms. The van der Waals surface area contributed by atoms with Crippen molar-refractivity contribution in [3.05, 3.63) is 35.4 Å². The van der Waals surface area contributed by atoms with E-state index in [9.17, 15) is 4.79 Å². The second-order valence-corrected chi connectivity index (χ2v) is 7.60. The molecule has 138 valence electrons. The molecule has 0 radical (unpaired) electrons. The number of amides is 1. The van der Waals surface area contributed by atoms with Gasteiger partial charge < -0.3 is 14.5 Å². The van der Waals surface area contributed by atoms with Gasteiger partial charge in [0.05, 0.1) is 18.8 Å². The van der Waals surface area contributed by atoms with Crippen LogP contribution in [0, 0.1) is 0 Å². The number of rotatable bonds is 5. The number of carbonyl (C=O) groups is 1. The molecule has 1 fully saturated rings. The van der Waals surface area contributed by atoms with Gasteiger partial charge in [0.1, 0.15) is 0 Å². The minimum absolute atomic E-state index is 0.0268. The van der Waals surface area contributed by atoms with Gasteiger partial charge >= 0.3 is 0 Å². The van der Waals surface area contributed by atoms with E-state index < -0.39 is 0 Å². The molecule has 0 N–H and O–H groups in total. The molecule has 2 heterocycles. The first kappa shape index (κ1) is 18.4. The minimum atomic E-state index is -0.0268. The molecule has 1 aromatic carbocycles. The first-order valence-corrected chi connectivity index (χ1v) is 9.36. The summed E-state index contributed by atoms with van der Waals surface area (Å²) in [4.78, 5) is 19.4. The summed E-state index contributed by atoms with van der Waals surface area (Å²) in [6, 6.07) is 8.45. The Hall–Kier alpha value is -1.43. The van der Waals surface area contributed by atoms with E-state index >= 15 is 0 Å². The topological polar surface area (TPSA) is 36.0 Å². The van der Waals surface area contributed by atoms with Crippen LogP contribution in [0.1, 0.15) is 24.0 Å². The molecule has 5 nitrogen and oxygen atoms in total. The Kier molecular flexibility index (Phi) is 6.10. The Balaban J connectivity index is 1.51. The number of likely N-dealkylation sites (tertiary alicyclic amines) is 1. The lowest BCUT2D eigenvalue weighted by Crippen LogP contribution is -2.52. The maximum atomic E-state index is 13.0. The van der Waals surface area contributed by atoms with Crippen molar-refractivity contribution in [3.8, 4) is 0 Å². The molecule has 1 amide bonds. The fraction of sp³-hybridized carbons (Fsp3) is 0.650. The van der Waals surface area contributed by atoms with Crippen LogP contribution in [-0.2, 0) is 22.5 Å². The number of piperidine rings is 1. The fourth-order valence-corrected chi connectivity index (χ4v) is 3.79. The quantitative estimate of drug-likeness (QED) is 0.812. The fourth-order valence-electron chi connectivity index (χ4n) is 3.79. The number of carbonyl (C=O) groups excluding carboxylic acids is 1. The third kappa shape index (κ3) is 4.60. The maximum Gasteiger partial charge on any atom is 0.240 e. The Morgan fingerprint density at radius 3 is 2.56 bits per heavy atom. The molecule has 1 atom stereocenters. The van der Waals surface area contributed by atoms with Gasteiger partial charge in [-0.05, 0) is 51.5 Å². The molecule has 0 aliphatic carbocycles. The largest absolute Gasteiger partial charge is 0.377 e. The van der Waals surface area contributed by atoms with Gasteiger partial charge in [-0.2, -0.15) is 0 Å². The number of fused-ring (bicyclic) bond motifs is 1. The monoisotopic (exact) mass is 345 g/mol. The van der Waals surface area contributed by atoms with Crippen LogP contribution in [0.5, 0.6) is 0 Å². The summed E-state index contributed by atoms with van der Waals surface area (Å²) in [5.74, 6) is 0.281. The van der Waals surface area contributed by atoms with Gasteiger partial charge in [-0.3, -0.25) is 9.69 Å². The van der Waals surface area contributed by atoms with E-state index in [0.717, 1.165) is 52.0 Å². The molecule has 1 aromatic rings. The van der Waals surface area contributed by atoms with Crippen LogP contribution >= 0.6 is 0 Å². The van der Waals surface area contributed by atoms with E-state index in [1.165, 1.54) is 11.1 Å². The summed E-state index contributed by atoms with van der Waals surface area (Å²) in [6.07, 6.45) is 3.03. The molecule has 0 saturated carbocycles. The number of ether oxygens (including phenoxy) is 1. The number of hydrogen-bond acceptors (Lipinski definition) is 4. The highest BCUT2D eigenvalue weighted by Gasteiger charge is 2.33. The lowest BCUT2D eigenvalue weighted by atomic mass is 9.93. The Bertz CT molecular complexity index is 582. The third-order valence-electron chi connectivity index (χ3n) is 5.41. The van der Waals surface area contributed by atoms with Crippen LogP contribution < -0.4 is 0 Å². The summed E-state index contributed by atoms with van der Waals surface area (Å²) in [5, 5.41) is 0. The third-order valence-corrected chi connectivity index (χ3v) is 5.41. The smallest absolute Gasteiger partial charge is 0.240 e. The van der Waals surface area contributed by atoms with Crippen LogP contribution in [0.25, 0.3) is 0 Å². The van der Waals surface area contributed by atoms with E-state index in [4.69, 9.17) is 4.74 Å². The summed E-state index contributed by atoms with van der Waals surface area (Å²) < 4.78 is 5.94. The summed E-state index contributed by atoms with van der Waals surface area (Å²) >= 11 is 0. The van der Waals surface area contributed by atoms with Crippen molar-refractivity contribution in [2.45, 2.75) is 38.0 Å². The zero-order valence-corrected chi connectivity index (χ0v) is 15.8.